The molecule has 10 heavy (non-hydrogen) atoms. The van der Waals surface area contributed by atoms with Crippen molar-refractivity contribution in [2.75, 3.05) is 0 Å². The molecular formula is C8H10OS. The van der Waals surface area contributed by atoms with Gasteiger partial charge in [-0.25, -0.2) is 0 Å². The van der Waals surface area contributed by atoms with Crippen LogP contribution in [0.3, 0.4) is 0 Å². The van der Waals surface area contributed by atoms with Gasteiger partial charge in [-0.15, -0.1) is 0 Å². The summed E-state index contributed by atoms with van der Waals surface area (Å²) < 4.78 is 0. The topological polar surface area (TPSA) is 20.2 Å². The van der Waals surface area contributed by atoms with Crippen LogP contribution in [-0.4, -0.2) is 5.11 Å². The van der Waals surface area contributed by atoms with Crippen LogP contribution < -0.4 is 0 Å². The average Bonchev–Trinajstić information content (AvgIpc) is 2.05. The highest BCUT2D eigenvalue weighted by Crippen LogP contribution is 2.05. The Hall–Kier alpha value is -0.470. The maximum Gasteiger partial charge on any atom is 0.0681 e. The molecule has 54 valence electrons. The Labute approximate surface area is 66.1 Å². The van der Waals surface area contributed by atoms with Crippen molar-refractivity contribution in [2.24, 2.45) is 0 Å². The molecule has 0 spiro atoms. The molecular weight excluding hydrogens is 144 g/mol. The van der Waals surface area contributed by atoms with E-state index < -0.39 is 0 Å². The highest BCUT2D eigenvalue weighted by Gasteiger charge is 1.89. The van der Waals surface area contributed by atoms with Crippen LogP contribution >= 0.6 is 12.6 Å². The lowest BCUT2D eigenvalue weighted by atomic mass is 10.2. The molecule has 0 aliphatic rings. The minimum atomic E-state index is 0.118. The molecule has 0 bridgehead atoms. The summed E-state index contributed by atoms with van der Waals surface area (Å²) in [7, 11) is 0. The van der Waals surface area contributed by atoms with Gasteiger partial charge in [0, 0.05) is 5.75 Å². The van der Waals surface area contributed by atoms with Crippen molar-refractivity contribution in [3.8, 4) is 0 Å². The Balaban J connectivity index is 2.80. The smallest absolute Gasteiger partial charge is 0.0681 e. The summed E-state index contributed by atoms with van der Waals surface area (Å²) in [4.78, 5) is 0. The molecule has 1 N–H and O–H groups in total. The standard InChI is InChI=1S/C8H10OS/c9-5-7-1-3-8(6-10)4-2-7/h1-4,9-10H,5-6H2. The first kappa shape index (κ1) is 7.63. The van der Waals surface area contributed by atoms with Gasteiger partial charge in [0.25, 0.3) is 0 Å². The molecule has 0 unspecified atom stereocenters. The van der Waals surface area contributed by atoms with E-state index in [4.69, 9.17) is 5.11 Å². The van der Waals surface area contributed by atoms with Crippen molar-refractivity contribution in [1.29, 1.82) is 0 Å². The third-order valence-corrected chi connectivity index (χ3v) is 1.75. The Kier molecular flexibility index (Phi) is 2.78. The Bertz CT molecular complexity index is 170. The number of thiol groups is 1. The van der Waals surface area contributed by atoms with Crippen LogP contribution in [0.5, 0.6) is 0 Å². The molecule has 1 rings (SSSR count). The van der Waals surface area contributed by atoms with E-state index in [0.717, 1.165) is 11.3 Å². The van der Waals surface area contributed by atoms with Crippen molar-refractivity contribution >= 4 is 12.6 Å². The van der Waals surface area contributed by atoms with Gasteiger partial charge in [-0.05, 0) is 11.1 Å². The number of benzene rings is 1. The molecule has 0 saturated heterocycles. The van der Waals surface area contributed by atoms with Crippen molar-refractivity contribution in [1.82, 2.24) is 0 Å². The third kappa shape index (κ3) is 1.75. The van der Waals surface area contributed by atoms with E-state index in [1.165, 1.54) is 5.56 Å². The molecule has 0 fully saturated rings. The highest BCUT2D eigenvalue weighted by molar-refractivity contribution is 7.79. The van der Waals surface area contributed by atoms with Gasteiger partial charge in [0.05, 0.1) is 6.61 Å². The predicted octanol–water partition coefficient (Wildman–Crippen LogP) is 1.61. The molecule has 0 heterocycles. The molecule has 0 saturated carbocycles. The van der Waals surface area contributed by atoms with E-state index >= 15 is 0 Å². The molecule has 2 heteroatoms. The van der Waals surface area contributed by atoms with Crippen molar-refractivity contribution in [3.05, 3.63) is 35.4 Å². The Morgan fingerprint density at radius 1 is 1.10 bits per heavy atom. The second-order valence-electron chi connectivity index (χ2n) is 2.13. The van der Waals surface area contributed by atoms with Crippen LogP contribution in [0.25, 0.3) is 0 Å². The summed E-state index contributed by atoms with van der Waals surface area (Å²) in [5, 5.41) is 8.68. The van der Waals surface area contributed by atoms with Gasteiger partial charge in [-0.1, -0.05) is 24.3 Å². The maximum atomic E-state index is 8.68. The zero-order valence-electron chi connectivity index (χ0n) is 5.62. The normalized spacial score (nSPS) is 9.80. The van der Waals surface area contributed by atoms with Gasteiger partial charge in [-0.3, -0.25) is 0 Å². The first-order valence-corrected chi connectivity index (χ1v) is 3.79. The highest BCUT2D eigenvalue weighted by atomic mass is 32.1. The molecule has 0 aliphatic heterocycles. The molecule has 1 nitrogen and oxygen atoms in total. The van der Waals surface area contributed by atoms with Crippen LogP contribution in [0.2, 0.25) is 0 Å². The lowest BCUT2D eigenvalue weighted by molar-refractivity contribution is 0.282. The van der Waals surface area contributed by atoms with Gasteiger partial charge in [0.15, 0.2) is 0 Å². The summed E-state index contributed by atoms with van der Waals surface area (Å²) in [5.41, 5.74) is 2.13. The third-order valence-electron chi connectivity index (χ3n) is 1.39. The van der Waals surface area contributed by atoms with Crippen LogP contribution in [0, 0.1) is 0 Å². The molecule has 1 aromatic rings. The fourth-order valence-corrected chi connectivity index (χ4v) is 0.961. The molecule has 1 aromatic carbocycles. The van der Waals surface area contributed by atoms with E-state index in [0.29, 0.717) is 0 Å². The van der Waals surface area contributed by atoms with Gasteiger partial charge in [0.1, 0.15) is 0 Å². The SMILES string of the molecule is OCc1ccc(CS)cc1. The summed E-state index contributed by atoms with van der Waals surface area (Å²) in [6.45, 7) is 0.118. The van der Waals surface area contributed by atoms with E-state index in [2.05, 4.69) is 12.6 Å². The van der Waals surface area contributed by atoms with Gasteiger partial charge >= 0.3 is 0 Å². The number of aliphatic hydroxyl groups excluding tert-OH is 1. The number of rotatable bonds is 2. The lowest BCUT2D eigenvalue weighted by Gasteiger charge is -1.96. The van der Waals surface area contributed by atoms with E-state index in [1.54, 1.807) is 0 Å². The van der Waals surface area contributed by atoms with Crippen LogP contribution in [0.15, 0.2) is 24.3 Å². The largest absolute Gasteiger partial charge is 0.392 e. The second-order valence-corrected chi connectivity index (χ2v) is 2.45. The van der Waals surface area contributed by atoms with E-state index in [-0.39, 0.29) is 6.61 Å². The quantitative estimate of drug-likeness (QED) is 0.620. The second kappa shape index (κ2) is 3.64. The monoisotopic (exact) mass is 154 g/mol. The maximum absolute atomic E-state index is 8.68. The van der Waals surface area contributed by atoms with Crippen LogP contribution in [-0.2, 0) is 12.4 Å². The van der Waals surface area contributed by atoms with E-state index in [9.17, 15) is 0 Å². The predicted molar refractivity (Wildman–Crippen MR) is 45.1 cm³/mol. The van der Waals surface area contributed by atoms with Gasteiger partial charge < -0.3 is 5.11 Å². The average molecular weight is 154 g/mol. The minimum Gasteiger partial charge on any atom is -0.392 e. The van der Waals surface area contributed by atoms with Crippen molar-refractivity contribution in [3.63, 3.8) is 0 Å². The fraction of sp³-hybridized carbons (Fsp3) is 0.250. The number of hydrogen-bond donors (Lipinski definition) is 2. The summed E-state index contributed by atoms with van der Waals surface area (Å²) in [6, 6.07) is 7.76. The summed E-state index contributed by atoms with van der Waals surface area (Å²) in [6.07, 6.45) is 0. The zero-order valence-corrected chi connectivity index (χ0v) is 6.51. The number of hydrogen-bond acceptors (Lipinski definition) is 2. The molecule has 0 aromatic heterocycles. The summed E-state index contributed by atoms with van der Waals surface area (Å²) in [5.74, 6) is 0.756. The zero-order chi connectivity index (χ0) is 7.40. The first-order chi connectivity index (χ1) is 4.86. The van der Waals surface area contributed by atoms with Gasteiger partial charge in [0.2, 0.25) is 0 Å². The van der Waals surface area contributed by atoms with Crippen LogP contribution in [0.1, 0.15) is 11.1 Å². The van der Waals surface area contributed by atoms with Gasteiger partial charge in [-0.2, -0.15) is 12.6 Å². The van der Waals surface area contributed by atoms with Crippen molar-refractivity contribution < 1.29 is 5.11 Å². The number of aliphatic hydroxyl groups is 1. The molecule has 0 atom stereocenters. The lowest BCUT2D eigenvalue weighted by Crippen LogP contribution is -1.82. The van der Waals surface area contributed by atoms with E-state index in [1.807, 2.05) is 24.3 Å². The van der Waals surface area contributed by atoms with Crippen LogP contribution in [0.4, 0.5) is 0 Å². The molecule has 0 aliphatic carbocycles. The minimum absolute atomic E-state index is 0.118. The van der Waals surface area contributed by atoms with Crippen molar-refractivity contribution in [2.45, 2.75) is 12.4 Å². The summed E-state index contributed by atoms with van der Waals surface area (Å²) >= 11 is 4.11. The Morgan fingerprint density at radius 3 is 2.00 bits per heavy atom. The first-order valence-electron chi connectivity index (χ1n) is 3.16. The molecule has 0 radical (unpaired) electrons. The fourth-order valence-electron chi connectivity index (χ4n) is 0.750. The molecule has 0 amide bonds. The Morgan fingerprint density at radius 2 is 1.60 bits per heavy atom.